The van der Waals surface area contributed by atoms with Gasteiger partial charge < -0.3 is 20.1 Å². The fraction of sp³-hybridized carbons (Fsp3) is 0.0625. The molecule has 0 spiro atoms. The number of nitro benzene ring substituents is 1. The number of fused-ring (bicyclic) bond motifs is 1. The van der Waals surface area contributed by atoms with Crippen LogP contribution in [0.1, 0.15) is 0 Å². The third-order valence-corrected chi connectivity index (χ3v) is 3.71. The molecule has 0 radical (unpaired) electrons. The maximum absolute atomic E-state index is 12.4. The highest BCUT2D eigenvalue weighted by atomic mass is 32.1. The van der Waals surface area contributed by atoms with Gasteiger partial charge in [-0.1, -0.05) is 0 Å². The van der Waals surface area contributed by atoms with Crippen LogP contribution in [0.15, 0.2) is 52.7 Å². The topological polar surface area (TPSA) is 125 Å². The van der Waals surface area contributed by atoms with Gasteiger partial charge in [-0.3, -0.25) is 10.1 Å². The number of azo groups is 1. The van der Waals surface area contributed by atoms with Crippen molar-refractivity contribution in [2.24, 2.45) is 10.2 Å². The van der Waals surface area contributed by atoms with E-state index in [1.165, 1.54) is 30.3 Å². The van der Waals surface area contributed by atoms with Crippen molar-refractivity contribution < 1.29 is 27.9 Å². The van der Waals surface area contributed by atoms with Crippen molar-refractivity contribution in [2.45, 2.75) is 6.36 Å². The summed E-state index contributed by atoms with van der Waals surface area (Å²) in [5.74, 6) is -0.918. The molecule has 1 heterocycles. The number of halogens is 3. The number of thiocarbonyl (C=S) groups is 1. The van der Waals surface area contributed by atoms with Crippen LogP contribution in [0.5, 0.6) is 11.6 Å². The number of nitrogens with one attached hydrogen (secondary N) is 2. The minimum absolute atomic E-state index is 0.108. The maximum atomic E-state index is 12.4. The predicted molar refractivity (Wildman–Crippen MR) is 100 cm³/mol. The minimum atomic E-state index is -4.87. The van der Waals surface area contributed by atoms with E-state index in [1.807, 2.05) is 0 Å². The monoisotopic (exact) mass is 425 g/mol. The van der Waals surface area contributed by atoms with Crippen molar-refractivity contribution in [1.82, 2.24) is 4.98 Å². The summed E-state index contributed by atoms with van der Waals surface area (Å²) in [6.45, 7) is 0. The molecule has 0 aliphatic heterocycles. The molecule has 0 saturated carbocycles. The SMILES string of the molecule is O=[N+]([O-])c1ccc(NC(=S)N=Nc2c(O)[nH]c3ccc(OC(F)(F)F)cc23)cc1. The average molecular weight is 425 g/mol. The van der Waals surface area contributed by atoms with E-state index < -0.39 is 22.9 Å². The van der Waals surface area contributed by atoms with Gasteiger partial charge in [-0.05, 0) is 42.5 Å². The van der Waals surface area contributed by atoms with Gasteiger partial charge in [0.05, 0.1) is 10.4 Å². The normalized spacial score (nSPS) is 11.7. The Labute approximate surface area is 165 Å². The van der Waals surface area contributed by atoms with E-state index in [0.717, 1.165) is 12.1 Å². The van der Waals surface area contributed by atoms with Gasteiger partial charge >= 0.3 is 6.36 Å². The zero-order chi connectivity index (χ0) is 21.2. The molecule has 0 unspecified atom stereocenters. The third-order valence-electron chi connectivity index (χ3n) is 3.53. The van der Waals surface area contributed by atoms with Gasteiger partial charge in [0.1, 0.15) is 5.75 Å². The molecular formula is C16H10F3N5O4S. The molecule has 0 amide bonds. The summed E-state index contributed by atoms with van der Waals surface area (Å²) in [6, 6.07) is 8.73. The second-order valence-electron chi connectivity index (χ2n) is 5.51. The molecule has 0 bridgehead atoms. The van der Waals surface area contributed by atoms with Gasteiger partial charge in [0.25, 0.3) is 5.69 Å². The lowest BCUT2D eigenvalue weighted by Crippen LogP contribution is -2.16. The van der Waals surface area contributed by atoms with Gasteiger partial charge in [-0.2, -0.15) is 0 Å². The number of aromatic amines is 1. The van der Waals surface area contributed by atoms with Crippen molar-refractivity contribution in [3.05, 3.63) is 52.6 Å². The van der Waals surface area contributed by atoms with Crippen LogP contribution in [0, 0.1) is 10.1 Å². The predicted octanol–water partition coefficient (Wildman–Crippen LogP) is 5.16. The molecule has 9 nitrogen and oxygen atoms in total. The summed E-state index contributed by atoms with van der Waals surface area (Å²) in [4.78, 5) is 12.6. The number of rotatable bonds is 4. The molecule has 3 N–H and O–H groups in total. The summed E-state index contributed by atoms with van der Waals surface area (Å²) in [5, 5.41) is 30.7. The van der Waals surface area contributed by atoms with Gasteiger partial charge in [0.2, 0.25) is 11.0 Å². The number of H-pyrrole nitrogens is 1. The number of hydrogen-bond acceptors (Lipinski definition) is 6. The van der Waals surface area contributed by atoms with E-state index in [-0.39, 0.29) is 21.9 Å². The highest BCUT2D eigenvalue weighted by molar-refractivity contribution is 7.80. The second-order valence-corrected chi connectivity index (χ2v) is 5.90. The molecule has 29 heavy (non-hydrogen) atoms. The van der Waals surface area contributed by atoms with Crippen LogP contribution in [0.2, 0.25) is 0 Å². The van der Waals surface area contributed by atoms with Gasteiger partial charge in [-0.15, -0.1) is 23.4 Å². The molecule has 2 aromatic carbocycles. The van der Waals surface area contributed by atoms with E-state index in [9.17, 15) is 28.4 Å². The molecule has 0 aliphatic rings. The smallest absolute Gasteiger partial charge is 0.493 e. The minimum Gasteiger partial charge on any atom is -0.493 e. The summed E-state index contributed by atoms with van der Waals surface area (Å²) in [5.41, 5.74) is 0.466. The second kappa shape index (κ2) is 7.71. The number of nitrogens with zero attached hydrogens (tertiary/aromatic N) is 3. The first kappa shape index (κ1) is 20.0. The zero-order valence-corrected chi connectivity index (χ0v) is 14.9. The quantitative estimate of drug-likeness (QED) is 0.229. The Morgan fingerprint density at radius 1 is 1.24 bits per heavy atom. The molecular weight excluding hydrogens is 415 g/mol. The first-order valence-electron chi connectivity index (χ1n) is 7.70. The Balaban J connectivity index is 1.79. The number of alkyl halides is 3. The van der Waals surface area contributed by atoms with Crippen molar-refractivity contribution in [1.29, 1.82) is 0 Å². The summed E-state index contributed by atoms with van der Waals surface area (Å²) < 4.78 is 41.0. The molecule has 150 valence electrons. The molecule has 0 fully saturated rings. The molecule has 3 aromatic rings. The highest BCUT2D eigenvalue weighted by Crippen LogP contribution is 2.38. The Morgan fingerprint density at radius 2 is 1.93 bits per heavy atom. The standard InChI is InChI=1S/C16H10F3N5O4S/c17-16(18,19)28-10-5-6-12-11(7-10)13(14(25)21-12)22-23-15(29)20-8-1-3-9(4-2-8)24(26)27/h1-7,21,25H,(H,20,29). The van der Waals surface area contributed by atoms with E-state index >= 15 is 0 Å². The molecule has 0 aliphatic carbocycles. The Morgan fingerprint density at radius 3 is 2.55 bits per heavy atom. The van der Waals surface area contributed by atoms with Crippen LogP contribution < -0.4 is 10.1 Å². The first-order chi connectivity index (χ1) is 13.6. The Bertz CT molecular complexity index is 1110. The molecule has 1 aromatic heterocycles. The number of nitro groups is 1. The van der Waals surface area contributed by atoms with E-state index in [2.05, 4.69) is 25.3 Å². The molecule has 0 atom stereocenters. The Kier molecular flexibility index (Phi) is 5.32. The summed E-state index contributed by atoms with van der Waals surface area (Å²) in [7, 11) is 0. The van der Waals surface area contributed by atoms with Crippen molar-refractivity contribution in [3.63, 3.8) is 0 Å². The van der Waals surface area contributed by atoms with Gasteiger partial charge in [0.15, 0.2) is 5.69 Å². The van der Waals surface area contributed by atoms with Gasteiger partial charge in [0, 0.05) is 23.2 Å². The molecule has 3 rings (SSSR count). The van der Waals surface area contributed by atoms with Crippen molar-refractivity contribution in [3.8, 4) is 11.6 Å². The average Bonchev–Trinajstić information content (AvgIpc) is 2.93. The highest BCUT2D eigenvalue weighted by Gasteiger charge is 2.31. The number of anilines is 1. The number of ether oxygens (including phenoxy) is 1. The van der Waals surface area contributed by atoms with Crippen LogP contribution in [0.4, 0.5) is 30.2 Å². The zero-order valence-electron chi connectivity index (χ0n) is 14.1. The van der Waals surface area contributed by atoms with Crippen LogP contribution in [-0.2, 0) is 0 Å². The number of hydrogen-bond donors (Lipinski definition) is 3. The van der Waals surface area contributed by atoms with Crippen LogP contribution in [0.25, 0.3) is 10.9 Å². The number of aromatic hydroxyl groups is 1. The van der Waals surface area contributed by atoms with E-state index in [0.29, 0.717) is 11.2 Å². The summed E-state index contributed by atoms with van der Waals surface area (Å²) >= 11 is 4.99. The number of aromatic nitrogens is 1. The number of benzene rings is 2. The fourth-order valence-corrected chi connectivity index (χ4v) is 2.51. The van der Waals surface area contributed by atoms with Crippen LogP contribution in [0.3, 0.4) is 0 Å². The fourth-order valence-electron chi connectivity index (χ4n) is 2.35. The lowest BCUT2D eigenvalue weighted by atomic mass is 10.2. The largest absolute Gasteiger partial charge is 0.573 e. The van der Waals surface area contributed by atoms with Crippen molar-refractivity contribution >= 4 is 45.3 Å². The molecule has 0 saturated heterocycles. The third kappa shape index (κ3) is 4.95. The maximum Gasteiger partial charge on any atom is 0.573 e. The Hall–Kier alpha value is -3.74. The molecule has 13 heteroatoms. The van der Waals surface area contributed by atoms with Crippen molar-refractivity contribution in [2.75, 3.05) is 5.32 Å². The lowest BCUT2D eigenvalue weighted by molar-refractivity contribution is -0.384. The first-order valence-corrected chi connectivity index (χ1v) is 8.11. The summed E-state index contributed by atoms with van der Waals surface area (Å²) in [6.07, 6.45) is -4.87. The lowest BCUT2D eigenvalue weighted by Gasteiger charge is -2.08. The van der Waals surface area contributed by atoms with E-state index in [4.69, 9.17) is 12.2 Å². The number of non-ortho nitro benzene ring substituents is 1. The van der Waals surface area contributed by atoms with Crippen LogP contribution >= 0.6 is 12.2 Å². The van der Waals surface area contributed by atoms with Crippen LogP contribution in [-0.4, -0.2) is 26.5 Å². The van der Waals surface area contributed by atoms with E-state index in [1.54, 1.807) is 0 Å². The van der Waals surface area contributed by atoms with Gasteiger partial charge in [-0.25, -0.2) is 0 Å².